The fraction of sp³-hybridized carbons (Fsp3) is 0.375. The summed E-state index contributed by atoms with van der Waals surface area (Å²) in [4.78, 5) is 14.4. The van der Waals surface area contributed by atoms with Crippen LogP contribution in [0.3, 0.4) is 0 Å². The molecule has 0 radical (unpaired) electrons. The molecule has 1 heterocycles. The minimum Gasteiger partial charge on any atom is -0.396 e. The maximum atomic E-state index is 12.7. The highest BCUT2D eigenvalue weighted by atomic mass is 16.2. The molecule has 0 fully saturated rings. The Morgan fingerprint density at radius 2 is 2.00 bits per heavy atom. The van der Waals surface area contributed by atoms with Gasteiger partial charge in [0.05, 0.1) is 17.9 Å². The van der Waals surface area contributed by atoms with Gasteiger partial charge in [-0.2, -0.15) is 5.10 Å². The number of carbonyl (C=O) groups excluding carboxylic acids is 1. The Kier molecular flexibility index (Phi) is 4.31. The van der Waals surface area contributed by atoms with Gasteiger partial charge in [-0.15, -0.1) is 0 Å². The topological polar surface area (TPSA) is 64.2 Å². The second-order valence-corrected chi connectivity index (χ2v) is 5.27. The molecule has 2 rings (SSSR count). The molecule has 1 unspecified atom stereocenters. The molecule has 0 saturated carbocycles. The van der Waals surface area contributed by atoms with Gasteiger partial charge < -0.3 is 10.6 Å². The molecule has 1 atom stereocenters. The van der Waals surface area contributed by atoms with Crippen molar-refractivity contribution in [2.24, 2.45) is 0 Å². The van der Waals surface area contributed by atoms with E-state index in [1.54, 1.807) is 16.6 Å². The third-order valence-corrected chi connectivity index (χ3v) is 3.83. The average molecular weight is 286 g/mol. The van der Waals surface area contributed by atoms with Crippen LogP contribution in [0.5, 0.6) is 0 Å². The van der Waals surface area contributed by atoms with Gasteiger partial charge in [0.15, 0.2) is 0 Å². The second kappa shape index (κ2) is 5.99. The first-order valence-corrected chi connectivity index (χ1v) is 7.10. The lowest BCUT2D eigenvalue weighted by Crippen LogP contribution is -2.32. The second-order valence-electron chi connectivity index (χ2n) is 5.27. The van der Waals surface area contributed by atoms with Gasteiger partial charge in [-0.1, -0.05) is 29.8 Å². The van der Waals surface area contributed by atoms with Crippen LogP contribution in [-0.4, -0.2) is 27.6 Å². The summed E-state index contributed by atoms with van der Waals surface area (Å²) >= 11 is 0. The van der Waals surface area contributed by atoms with Crippen molar-refractivity contribution in [3.63, 3.8) is 0 Å². The highest BCUT2D eigenvalue weighted by molar-refractivity contribution is 5.97. The highest BCUT2D eigenvalue weighted by Crippen LogP contribution is 2.23. The number of anilines is 1. The van der Waals surface area contributed by atoms with Gasteiger partial charge in [-0.25, -0.2) is 0 Å². The van der Waals surface area contributed by atoms with Crippen LogP contribution in [0.25, 0.3) is 0 Å². The summed E-state index contributed by atoms with van der Waals surface area (Å²) in [5.41, 5.74) is 9.06. The van der Waals surface area contributed by atoms with Crippen molar-refractivity contribution in [1.82, 2.24) is 14.7 Å². The summed E-state index contributed by atoms with van der Waals surface area (Å²) in [5.74, 6) is -0.111. The van der Waals surface area contributed by atoms with Gasteiger partial charge in [-0.05, 0) is 26.3 Å². The number of nitrogen functional groups attached to an aromatic ring is 1. The normalized spacial score (nSPS) is 12.2. The molecule has 5 nitrogen and oxygen atoms in total. The summed E-state index contributed by atoms with van der Waals surface area (Å²) < 4.78 is 1.63. The van der Waals surface area contributed by atoms with Crippen molar-refractivity contribution in [3.05, 3.63) is 47.3 Å². The maximum Gasteiger partial charge on any atom is 0.274 e. The number of nitrogens with two attached hydrogens (primary N) is 1. The smallest absolute Gasteiger partial charge is 0.274 e. The van der Waals surface area contributed by atoms with Gasteiger partial charge >= 0.3 is 0 Å². The van der Waals surface area contributed by atoms with Crippen LogP contribution < -0.4 is 5.73 Å². The molecule has 1 aromatic carbocycles. The van der Waals surface area contributed by atoms with Crippen molar-refractivity contribution in [1.29, 1.82) is 0 Å². The van der Waals surface area contributed by atoms with E-state index < -0.39 is 0 Å². The van der Waals surface area contributed by atoms with Gasteiger partial charge in [-0.3, -0.25) is 9.48 Å². The minimum absolute atomic E-state index is 0.0299. The molecule has 0 saturated heterocycles. The molecule has 1 aromatic heterocycles. The molecule has 0 bridgehead atoms. The fourth-order valence-electron chi connectivity index (χ4n) is 2.28. The lowest BCUT2D eigenvalue weighted by molar-refractivity contribution is 0.0731. The van der Waals surface area contributed by atoms with Crippen LogP contribution in [0.4, 0.5) is 5.69 Å². The van der Waals surface area contributed by atoms with E-state index in [0.29, 0.717) is 17.9 Å². The lowest BCUT2D eigenvalue weighted by atomic mass is 10.1. The number of hydrogen-bond donors (Lipinski definition) is 1. The molecule has 21 heavy (non-hydrogen) atoms. The number of amides is 1. The molecule has 0 spiro atoms. The number of aromatic nitrogens is 2. The molecule has 1 amide bonds. The zero-order valence-corrected chi connectivity index (χ0v) is 13.0. The molecule has 0 aliphatic rings. The zero-order valence-electron chi connectivity index (χ0n) is 13.0. The number of benzene rings is 1. The minimum atomic E-state index is -0.111. The van der Waals surface area contributed by atoms with Crippen molar-refractivity contribution >= 4 is 11.6 Å². The van der Waals surface area contributed by atoms with Crippen LogP contribution in [-0.2, 0) is 6.54 Å². The fourth-order valence-corrected chi connectivity index (χ4v) is 2.28. The Morgan fingerprint density at radius 1 is 1.38 bits per heavy atom. The Labute approximate surface area is 125 Å². The first-order chi connectivity index (χ1) is 9.95. The van der Waals surface area contributed by atoms with E-state index >= 15 is 0 Å². The molecule has 5 heteroatoms. The van der Waals surface area contributed by atoms with Crippen LogP contribution in [0, 0.1) is 6.92 Å². The number of nitrogens with zero attached hydrogens (tertiary/aromatic N) is 3. The van der Waals surface area contributed by atoms with E-state index in [1.165, 1.54) is 11.8 Å². The van der Waals surface area contributed by atoms with Crippen LogP contribution in [0.15, 0.2) is 30.5 Å². The first kappa shape index (κ1) is 15.1. The molecular formula is C16H22N4O. The number of hydrogen-bond acceptors (Lipinski definition) is 3. The number of aryl methyl sites for hydroxylation is 2. The van der Waals surface area contributed by atoms with E-state index in [4.69, 9.17) is 5.73 Å². The van der Waals surface area contributed by atoms with Crippen LogP contribution in [0.1, 0.15) is 41.5 Å². The molecule has 0 aliphatic carbocycles. The Morgan fingerprint density at radius 3 is 2.57 bits per heavy atom. The van der Waals surface area contributed by atoms with Crippen molar-refractivity contribution in [2.75, 3.05) is 12.8 Å². The third-order valence-electron chi connectivity index (χ3n) is 3.83. The van der Waals surface area contributed by atoms with Crippen molar-refractivity contribution in [2.45, 2.75) is 33.4 Å². The quantitative estimate of drug-likeness (QED) is 0.939. The van der Waals surface area contributed by atoms with Gasteiger partial charge in [0.2, 0.25) is 0 Å². The van der Waals surface area contributed by atoms with Crippen LogP contribution >= 0.6 is 0 Å². The molecular weight excluding hydrogens is 264 g/mol. The summed E-state index contributed by atoms with van der Waals surface area (Å²) in [5, 5.41) is 4.13. The average Bonchev–Trinajstić information content (AvgIpc) is 2.86. The monoisotopic (exact) mass is 286 g/mol. The van der Waals surface area contributed by atoms with E-state index in [1.807, 2.05) is 32.9 Å². The van der Waals surface area contributed by atoms with E-state index in [9.17, 15) is 4.79 Å². The largest absolute Gasteiger partial charge is 0.396 e. The standard InChI is InChI=1S/C16H22N4O/c1-5-20-15(14(17)10-18-20)16(21)19(4)12(3)13-8-6-11(2)7-9-13/h6-10,12H,5,17H2,1-4H3. The molecule has 0 aliphatic heterocycles. The summed E-state index contributed by atoms with van der Waals surface area (Å²) in [7, 11) is 1.79. The highest BCUT2D eigenvalue weighted by Gasteiger charge is 2.24. The van der Waals surface area contributed by atoms with Gasteiger partial charge in [0.1, 0.15) is 5.69 Å². The number of carbonyl (C=O) groups is 1. The first-order valence-electron chi connectivity index (χ1n) is 7.10. The van der Waals surface area contributed by atoms with E-state index in [0.717, 1.165) is 5.56 Å². The number of rotatable bonds is 4. The van der Waals surface area contributed by atoms with Crippen LogP contribution in [0.2, 0.25) is 0 Å². The molecule has 2 aromatic rings. The third kappa shape index (κ3) is 2.91. The van der Waals surface area contributed by atoms with Crippen molar-refractivity contribution in [3.8, 4) is 0 Å². The Hall–Kier alpha value is -2.30. The lowest BCUT2D eigenvalue weighted by Gasteiger charge is -2.26. The SMILES string of the molecule is CCn1ncc(N)c1C(=O)N(C)C(C)c1ccc(C)cc1. The summed E-state index contributed by atoms with van der Waals surface area (Å²) in [6.45, 7) is 6.60. The summed E-state index contributed by atoms with van der Waals surface area (Å²) in [6.07, 6.45) is 1.53. The van der Waals surface area contributed by atoms with E-state index in [-0.39, 0.29) is 11.9 Å². The predicted molar refractivity (Wildman–Crippen MR) is 84.0 cm³/mol. The van der Waals surface area contributed by atoms with Gasteiger partial charge in [0, 0.05) is 13.6 Å². The Balaban J connectivity index is 2.26. The molecule has 2 N–H and O–H groups in total. The maximum absolute atomic E-state index is 12.7. The van der Waals surface area contributed by atoms with E-state index in [2.05, 4.69) is 17.2 Å². The summed E-state index contributed by atoms with van der Waals surface area (Å²) in [6, 6.07) is 8.16. The van der Waals surface area contributed by atoms with Gasteiger partial charge in [0.25, 0.3) is 5.91 Å². The zero-order chi connectivity index (χ0) is 15.6. The Bertz CT molecular complexity index is 630. The predicted octanol–water partition coefficient (Wildman–Crippen LogP) is 2.63. The molecule has 112 valence electrons. The van der Waals surface area contributed by atoms with Crippen molar-refractivity contribution < 1.29 is 4.79 Å².